The molecule has 0 saturated carbocycles. The van der Waals surface area contributed by atoms with E-state index in [0.717, 1.165) is 11.1 Å². The van der Waals surface area contributed by atoms with Gasteiger partial charge in [0.15, 0.2) is 0 Å². The molecule has 1 aliphatic heterocycles. The average Bonchev–Trinajstić information content (AvgIpc) is 3.46. The molecule has 1 fully saturated rings. The molecular formula is C21H22ClN5O3S. The summed E-state index contributed by atoms with van der Waals surface area (Å²) in [6.45, 7) is 1.26. The van der Waals surface area contributed by atoms with Crippen LogP contribution in [0.15, 0.2) is 66.1 Å². The number of hydrogen-bond acceptors (Lipinski definition) is 5. The molecule has 8 nitrogen and oxygen atoms in total. The minimum atomic E-state index is -3.76. The molecule has 1 N–H and O–H groups in total. The second kappa shape index (κ2) is 9.17. The van der Waals surface area contributed by atoms with Gasteiger partial charge in [0, 0.05) is 18.1 Å². The fourth-order valence-electron chi connectivity index (χ4n) is 3.60. The third-order valence-corrected chi connectivity index (χ3v) is 7.40. The molecule has 2 aromatic carbocycles. The van der Waals surface area contributed by atoms with E-state index in [1.165, 1.54) is 34.9 Å². The van der Waals surface area contributed by atoms with Gasteiger partial charge in [0.2, 0.25) is 15.9 Å². The molecule has 1 aliphatic rings. The number of amides is 1. The van der Waals surface area contributed by atoms with Gasteiger partial charge in [0.05, 0.1) is 11.4 Å². The molecule has 1 aromatic heterocycles. The van der Waals surface area contributed by atoms with Gasteiger partial charge < -0.3 is 5.32 Å². The van der Waals surface area contributed by atoms with Crippen molar-refractivity contribution in [3.8, 4) is 0 Å². The summed E-state index contributed by atoms with van der Waals surface area (Å²) in [5, 5.41) is 7.41. The Morgan fingerprint density at radius 1 is 1.10 bits per heavy atom. The van der Waals surface area contributed by atoms with Crippen LogP contribution in [0.3, 0.4) is 0 Å². The fourth-order valence-corrected chi connectivity index (χ4v) is 5.39. The summed E-state index contributed by atoms with van der Waals surface area (Å²) in [6.07, 6.45) is 4.28. The smallest absolute Gasteiger partial charge is 0.243 e. The van der Waals surface area contributed by atoms with Crippen LogP contribution in [-0.2, 0) is 27.9 Å². The topological polar surface area (TPSA) is 97.2 Å². The highest BCUT2D eigenvalue weighted by Gasteiger charge is 2.39. The van der Waals surface area contributed by atoms with E-state index < -0.39 is 16.1 Å². The maximum atomic E-state index is 13.0. The molecule has 2 heterocycles. The maximum Gasteiger partial charge on any atom is 0.243 e. The molecule has 0 radical (unpaired) electrons. The summed E-state index contributed by atoms with van der Waals surface area (Å²) in [7, 11) is -3.76. The zero-order valence-electron chi connectivity index (χ0n) is 16.7. The quantitative estimate of drug-likeness (QED) is 0.585. The minimum absolute atomic E-state index is 0.138. The Morgan fingerprint density at radius 2 is 1.81 bits per heavy atom. The zero-order valence-corrected chi connectivity index (χ0v) is 18.3. The van der Waals surface area contributed by atoms with E-state index in [-0.39, 0.29) is 10.8 Å². The molecule has 1 unspecified atom stereocenters. The maximum absolute atomic E-state index is 13.0. The molecule has 4 rings (SSSR count). The van der Waals surface area contributed by atoms with Gasteiger partial charge >= 0.3 is 0 Å². The predicted molar refractivity (Wildman–Crippen MR) is 116 cm³/mol. The molecule has 31 heavy (non-hydrogen) atoms. The first kappa shape index (κ1) is 21.5. The minimum Gasteiger partial charge on any atom is -0.351 e. The molecule has 1 saturated heterocycles. The van der Waals surface area contributed by atoms with Crippen LogP contribution in [-0.4, -0.2) is 46.0 Å². The third-order valence-electron chi connectivity index (χ3n) is 5.23. The van der Waals surface area contributed by atoms with Crippen LogP contribution in [0.5, 0.6) is 0 Å². The van der Waals surface area contributed by atoms with Crippen molar-refractivity contribution in [1.29, 1.82) is 0 Å². The molecule has 10 heteroatoms. The van der Waals surface area contributed by atoms with E-state index in [0.29, 0.717) is 37.5 Å². The van der Waals surface area contributed by atoms with E-state index >= 15 is 0 Å². The Hall–Kier alpha value is -2.75. The standard InChI is InChI=1S/C21H22ClN5O3S/c22-18-7-9-19(10-8-18)31(29,30)27-11-1-2-20(27)21(28)24-12-16-3-5-17(6-4-16)13-26-15-23-14-25-26/h3-10,14-15,20H,1-2,11-13H2,(H,24,28). The number of aromatic nitrogens is 3. The van der Waals surface area contributed by atoms with Crippen LogP contribution in [0.4, 0.5) is 0 Å². The second-order valence-electron chi connectivity index (χ2n) is 7.36. The number of rotatable bonds is 7. The van der Waals surface area contributed by atoms with E-state index in [1.54, 1.807) is 11.0 Å². The first-order chi connectivity index (χ1) is 14.9. The van der Waals surface area contributed by atoms with Crippen LogP contribution < -0.4 is 5.32 Å². The summed E-state index contributed by atoms with van der Waals surface area (Å²) in [4.78, 5) is 16.8. The first-order valence-electron chi connectivity index (χ1n) is 9.89. The Kier molecular flexibility index (Phi) is 6.35. The second-order valence-corrected chi connectivity index (χ2v) is 9.68. The molecule has 0 aliphatic carbocycles. The average molecular weight is 460 g/mol. The lowest BCUT2D eigenvalue weighted by molar-refractivity contribution is -0.124. The van der Waals surface area contributed by atoms with Gasteiger partial charge in [-0.05, 0) is 48.2 Å². The highest BCUT2D eigenvalue weighted by atomic mass is 35.5. The first-order valence-corrected chi connectivity index (χ1v) is 11.7. The molecule has 0 spiro atoms. The molecule has 162 valence electrons. The van der Waals surface area contributed by atoms with Gasteiger partial charge in [-0.3, -0.25) is 4.79 Å². The lowest BCUT2D eigenvalue weighted by Gasteiger charge is -2.23. The lowest BCUT2D eigenvalue weighted by Crippen LogP contribution is -2.45. The predicted octanol–water partition coefficient (Wildman–Crippen LogP) is 2.45. The Morgan fingerprint density at radius 3 is 2.48 bits per heavy atom. The van der Waals surface area contributed by atoms with Gasteiger partial charge in [0.1, 0.15) is 18.7 Å². The van der Waals surface area contributed by atoms with Crippen LogP contribution in [0.2, 0.25) is 5.02 Å². The highest BCUT2D eigenvalue weighted by molar-refractivity contribution is 7.89. The van der Waals surface area contributed by atoms with Crippen molar-refractivity contribution in [3.05, 3.63) is 77.3 Å². The van der Waals surface area contributed by atoms with Crippen molar-refractivity contribution >= 4 is 27.5 Å². The molecular weight excluding hydrogens is 438 g/mol. The van der Waals surface area contributed by atoms with Gasteiger partial charge in [-0.15, -0.1) is 0 Å². The number of carbonyl (C=O) groups excluding carboxylic acids is 1. The summed E-state index contributed by atoms with van der Waals surface area (Å²) in [5.41, 5.74) is 2.00. The van der Waals surface area contributed by atoms with Gasteiger partial charge in [-0.1, -0.05) is 35.9 Å². The number of benzene rings is 2. The largest absolute Gasteiger partial charge is 0.351 e. The summed E-state index contributed by atoms with van der Waals surface area (Å²) in [6, 6.07) is 13.1. The molecule has 1 atom stereocenters. The van der Waals surface area contributed by atoms with Crippen LogP contribution in [0.25, 0.3) is 0 Å². The summed E-state index contributed by atoms with van der Waals surface area (Å²) in [5.74, 6) is -0.290. The van der Waals surface area contributed by atoms with E-state index in [9.17, 15) is 13.2 Å². The number of carbonyl (C=O) groups is 1. The summed E-state index contributed by atoms with van der Waals surface area (Å²) >= 11 is 5.87. The number of halogens is 1. The SMILES string of the molecule is O=C(NCc1ccc(Cn2cncn2)cc1)C1CCCN1S(=O)(=O)c1ccc(Cl)cc1. The van der Waals surface area contributed by atoms with Crippen LogP contribution >= 0.6 is 11.6 Å². The van der Waals surface area contributed by atoms with Crippen molar-refractivity contribution in [2.75, 3.05) is 6.54 Å². The van der Waals surface area contributed by atoms with E-state index in [2.05, 4.69) is 15.4 Å². The Bertz CT molecular complexity index is 1130. The Balaban J connectivity index is 1.38. The zero-order chi connectivity index (χ0) is 21.8. The van der Waals surface area contributed by atoms with E-state index in [1.807, 2.05) is 24.3 Å². The van der Waals surface area contributed by atoms with Crippen molar-refractivity contribution in [2.24, 2.45) is 0 Å². The van der Waals surface area contributed by atoms with Crippen molar-refractivity contribution in [3.63, 3.8) is 0 Å². The third kappa shape index (κ3) is 4.95. The summed E-state index contributed by atoms with van der Waals surface area (Å²) < 4.78 is 29.0. The van der Waals surface area contributed by atoms with Gasteiger partial charge in [-0.25, -0.2) is 18.1 Å². The number of nitrogens with one attached hydrogen (secondary N) is 1. The van der Waals surface area contributed by atoms with Crippen LogP contribution in [0, 0.1) is 0 Å². The molecule has 1 amide bonds. The number of hydrogen-bond donors (Lipinski definition) is 1. The lowest BCUT2D eigenvalue weighted by atomic mass is 10.1. The van der Waals surface area contributed by atoms with Crippen molar-refractivity contribution in [2.45, 2.75) is 36.9 Å². The van der Waals surface area contributed by atoms with Crippen molar-refractivity contribution < 1.29 is 13.2 Å². The Labute approximate surface area is 185 Å². The normalized spacial score (nSPS) is 17.0. The van der Waals surface area contributed by atoms with Crippen molar-refractivity contribution in [1.82, 2.24) is 24.4 Å². The fraction of sp³-hybridized carbons (Fsp3) is 0.286. The molecule has 0 bridgehead atoms. The molecule has 3 aromatic rings. The van der Waals surface area contributed by atoms with Gasteiger partial charge in [0.25, 0.3) is 0 Å². The van der Waals surface area contributed by atoms with Crippen LogP contribution in [0.1, 0.15) is 24.0 Å². The highest BCUT2D eigenvalue weighted by Crippen LogP contribution is 2.27. The number of sulfonamides is 1. The van der Waals surface area contributed by atoms with Gasteiger partial charge in [-0.2, -0.15) is 9.40 Å². The monoisotopic (exact) mass is 459 g/mol. The van der Waals surface area contributed by atoms with E-state index in [4.69, 9.17) is 11.6 Å². The number of nitrogens with zero attached hydrogens (tertiary/aromatic N) is 4.